The summed E-state index contributed by atoms with van der Waals surface area (Å²) in [5.74, 6) is 0. The molecule has 112 valence electrons. The first-order chi connectivity index (χ1) is 8.94. The van der Waals surface area contributed by atoms with E-state index in [1.165, 1.54) is 6.07 Å². The van der Waals surface area contributed by atoms with E-state index in [0.717, 1.165) is 25.2 Å². The number of halogens is 1. The summed E-state index contributed by atoms with van der Waals surface area (Å²) >= 11 is 0. The van der Waals surface area contributed by atoms with Crippen molar-refractivity contribution in [1.29, 1.82) is 0 Å². The van der Waals surface area contributed by atoms with Crippen LogP contribution >= 0.6 is 12.4 Å². The van der Waals surface area contributed by atoms with Crippen LogP contribution in [0.5, 0.6) is 0 Å². The van der Waals surface area contributed by atoms with Gasteiger partial charge in [0.25, 0.3) is 10.0 Å². The highest BCUT2D eigenvalue weighted by Crippen LogP contribution is 2.21. The molecule has 0 saturated carbocycles. The van der Waals surface area contributed by atoms with Crippen LogP contribution in [-0.2, 0) is 16.6 Å². The highest BCUT2D eigenvalue weighted by molar-refractivity contribution is 7.89. The SMILES string of the molecule is CCN(CC)Cc1cnc2oc(S(N)(=O)=O)cc2c1.Cl. The number of primary sulfonamides is 1. The molecule has 2 heterocycles. The summed E-state index contributed by atoms with van der Waals surface area (Å²) in [7, 11) is -3.83. The van der Waals surface area contributed by atoms with Gasteiger partial charge < -0.3 is 4.42 Å². The van der Waals surface area contributed by atoms with E-state index in [1.54, 1.807) is 6.20 Å². The number of rotatable bonds is 5. The van der Waals surface area contributed by atoms with Crippen LogP contribution in [0.4, 0.5) is 0 Å². The van der Waals surface area contributed by atoms with Crippen LogP contribution in [-0.4, -0.2) is 31.4 Å². The number of furan rings is 1. The molecule has 0 unspecified atom stereocenters. The fourth-order valence-electron chi connectivity index (χ4n) is 1.89. The summed E-state index contributed by atoms with van der Waals surface area (Å²) in [6.07, 6.45) is 1.69. The van der Waals surface area contributed by atoms with Crippen LogP contribution in [0.2, 0.25) is 0 Å². The van der Waals surface area contributed by atoms with Crippen molar-refractivity contribution in [2.24, 2.45) is 5.14 Å². The largest absolute Gasteiger partial charge is 0.425 e. The maximum atomic E-state index is 11.2. The van der Waals surface area contributed by atoms with Crippen molar-refractivity contribution in [3.63, 3.8) is 0 Å². The van der Waals surface area contributed by atoms with Crippen molar-refractivity contribution in [3.05, 3.63) is 23.9 Å². The summed E-state index contributed by atoms with van der Waals surface area (Å²) < 4.78 is 27.5. The number of sulfonamides is 1. The molecule has 2 aromatic rings. The number of hydrogen-bond acceptors (Lipinski definition) is 5. The Balaban J connectivity index is 0.00000200. The molecule has 0 aliphatic rings. The van der Waals surface area contributed by atoms with Crippen molar-refractivity contribution in [3.8, 4) is 0 Å². The minimum absolute atomic E-state index is 0. The standard InChI is InChI=1S/C12H17N3O3S.ClH/c1-3-15(4-2)8-9-5-10-6-11(19(13,16)17)18-12(10)14-7-9;/h5-7H,3-4,8H2,1-2H3,(H2,13,16,17);1H. The molecular weight excluding hydrogens is 302 g/mol. The Labute approximate surface area is 124 Å². The van der Waals surface area contributed by atoms with Gasteiger partial charge in [-0.1, -0.05) is 13.8 Å². The molecule has 0 aliphatic heterocycles. The molecule has 8 heteroatoms. The fourth-order valence-corrected chi connectivity index (χ4v) is 2.37. The second kappa shape index (κ2) is 6.53. The number of fused-ring (bicyclic) bond motifs is 1. The monoisotopic (exact) mass is 319 g/mol. The molecule has 0 atom stereocenters. The van der Waals surface area contributed by atoms with Gasteiger partial charge in [0.15, 0.2) is 0 Å². The first-order valence-electron chi connectivity index (χ1n) is 6.07. The van der Waals surface area contributed by atoms with Gasteiger partial charge in [-0.2, -0.15) is 0 Å². The zero-order valence-corrected chi connectivity index (χ0v) is 13.0. The summed E-state index contributed by atoms with van der Waals surface area (Å²) in [6, 6.07) is 3.28. The lowest BCUT2D eigenvalue weighted by Gasteiger charge is -2.17. The molecule has 0 fully saturated rings. The van der Waals surface area contributed by atoms with Gasteiger partial charge in [-0.25, -0.2) is 18.5 Å². The molecule has 0 bridgehead atoms. The van der Waals surface area contributed by atoms with Crippen LogP contribution in [0, 0.1) is 0 Å². The van der Waals surface area contributed by atoms with Crippen molar-refractivity contribution in [2.75, 3.05) is 13.1 Å². The van der Waals surface area contributed by atoms with Gasteiger partial charge >= 0.3 is 0 Å². The molecule has 0 spiro atoms. The second-order valence-electron chi connectivity index (χ2n) is 4.31. The van der Waals surface area contributed by atoms with E-state index in [1.807, 2.05) is 6.07 Å². The van der Waals surface area contributed by atoms with Gasteiger partial charge in [-0.15, -0.1) is 12.4 Å². The Kier molecular flexibility index (Phi) is 5.52. The number of hydrogen-bond donors (Lipinski definition) is 1. The van der Waals surface area contributed by atoms with Gasteiger partial charge in [-0.3, -0.25) is 4.90 Å². The average Bonchev–Trinajstić information content (AvgIpc) is 2.78. The number of nitrogens with two attached hydrogens (primary N) is 1. The molecular formula is C12H18ClN3O3S. The molecule has 2 N–H and O–H groups in total. The molecule has 2 rings (SSSR count). The molecule has 0 saturated heterocycles. The van der Waals surface area contributed by atoms with E-state index in [2.05, 4.69) is 23.7 Å². The van der Waals surface area contributed by atoms with Crippen LogP contribution in [0.15, 0.2) is 27.8 Å². The van der Waals surface area contributed by atoms with Gasteiger partial charge in [0, 0.05) is 24.2 Å². The molecule has 0 aromatic carbocycles. The number of nitrogens with zero attached hydrogens (tertiary/aromatic N) is 2. The summed E-state index contributed by atoms with van der Waals surface area (Å²) in [4.78, 5) is 6.36. The summed E-state index contributed by atoms with van der Waals surface area (Å²) in [5, 5.41) is 5.42. The minimum atomic E-state index is -3.83. The van der Waals surface area contributed by atoms with E-state index < -0.39 is 10.0 Å². The molecule has 0 radical (unpaired) electrons. The Hall–Kier alpha value is -1.15. The minimum Gasteiger partial charge on any atom is -0.425 e. The predicted octanol–water partition coefficient (Wildman–Crippen LogP) is 1.74. The lowest BCUT2D eigenvalue weighted by molar-refractivity contribution is 0.295. The lowest BCUT2D eigenvalue weighted by atomic mass is 10.2. The number of aromatic nitrogens is 1. The molecule has 0 aliphatic carbocycles. The van der Waals surface area contributed by atoms with Crippen molar-refractivity contribution in [1.82, 2.24) is 9.88 Å². The highest BCUT2D eigenvalue weighted by Gasteiger charge is 2.15. The third-order valence-corrected chi connectivity index (χ3v) is 3.75. The quantitative estimate of drug-likeness (QED) is 0.906. The van der Waals surface area contributed by atoms with Gasteiger partial charge in [0.1, 0.15) is 0 Å². The van der Waals surface area contributed by atoms with E-state index >= 15 is 0 Å². The number of pyridine rings is 1. The third kappa shape index (κ3) is 3.69. The Bertz CT molecular complexity index is 680. The van der Waals surface area contributed by atoms with Crippen LogP contribution in [0.25, 0.3) is 11.1 Å². The second-order valence-corrected chi connectivity index (χ2v) is 5.80. The summed E-state index contributed by atoms with van der Waals surface area (Å²) in [6.45, 7) is 6.84. The van der Waals surface area contributed by atoms with Crippen molar-refractivity contribution in [2.45, 2.75) is 25.5 Å². The fraction of sp³-hybridized carbons (Fsp3) is 0.417. The van der Waals surface area contributed by atoms with E-state index in [9.17, 15) is 8.42 Å². The Morgan fingerprint density at radius 1 is 1.30 bits per heavy atom. The van der Waals surface area contributed by atoms with Crippen LogP contribution in [0.3, 0.4) is 0 Å². The maximum Gasteiger partial charge on any atom is 0.271 e. The molecule has 6 nitrogen and oxygen atoms in total. The van der Waals surface area contributed by atoms with Gasteiger partial charge in [-0.05, 0) is 24.7 Å². The molecule has 0 amide bonds. The third-order valence-electron chi connectivity index (χ3n) is 2.99. The lowest BCUT2D eigenvalue weighted by Crippen LogP contribution is -2.22. The van der Waals surface area contributed by atoms with Gasteiger partial charge in [0.05, 0.1) is 0 Å². The van der Waals surface area contributed by atoms with Gasteiger partial charge in [0.2, 0.25) is 10.8 Å². The van der Waals surface area contributed by atoms with Crippen LogP contribution in [0.1, 0.15) is 19.4 Å². The first-order valence-corrected chi connectivity index (χ1v) is 7.62. The smallest absolute Gasteiger partial charge is 0.271 e. The topological polar surface area (TPSA) is 89.4 Å². The average molecular weight is 320 g/mol. The Morgan fingerprint density at radius 3 is 2.50 bits per heavy atom. The highest BCUT2D eigenvalue weighted by atomic mass is 35.5. The van der Waals surface area contributed by atoms with Crippen molar-refractivity contribution >= 4 is 33.5 Å². The van der Waals surface area contributed by atoms with Crippen LogP contribution < -0.4 is 5.14 Å². The molecule has 2 aromatic heterocycles. The summed E-state index contributed by atoms with van der Waals surface area (Å²) in [5.41, 5.74) is 1.30. The van der Waals surface area contributed by atoms with E-state index in [-0.39, 0.29) is 23.2 Å². The normalized spacial score (nSPS) is 11.8. The zero-order chi connectivity index (χ0) is 14.0. The van der Waals surface area contributed by atoms with E-state index in [0.29, 0.717) is 5.39 Å². The first kappa shape index (κ1) is 16.9. The molecule has 20 heavy (non-hydrogen) atoms. The Morgan fingerprint density at radius 2 is 1.95 bits per heavy atom. The predicted molar refractivity (Wildman–Crippen MR) is 79.3 cm³/mol. The van der Waals surface area contributed by atoms with E-state index in [4.69, 9.17) is 9.56 Å². The zero-order valence-electron chi connectivity index (χ0n) is 11.4. The van der Waals surface area contributed by atoms with Crippen molar-refractivity contribution < 1.29 is 12.8 Å². The maximum absolute atomic E-state index is 11.2.